The van der Waals surface area contributed by atoms with Gasteiger partial charge < -0.3 is 10.4 Å². The van der Waals surface area contributed by atoms with Gasteiger partial charge in [0.2, 0.25) is 10.0 Å². The number of hydrogen-bond donors (Lipinski definition) is 2. The largest absolute Gasteiger partial charge is 0.508 e. The van der Waals surface area contributed by atoms with Crippen molar-refractivity contribution in [3.63, 3.8) is 0 Å². The van der Waals surface area contributed by atoms with Crippen molar-refractivity contribution in [2.45, 2.75) is 18.9 Å². The van der Waals surface area contributed by atoms with E-state index in [4.69, 9.17) is 0 Å². The van der Waals surface area contributed by atoms with E-state index in [1.807, 2.05) is 12.1 Å². The van der Waals surface area contributed by atoms with Crippen molar-refractivity contribution in [3.05, 3.63) is 29.8 Å². The maximum Gasteiger partial charge on any atom is 0.211 e. The molecule has 116 valence electrons. The summed E-state index contributed by atoms with van der Waals surface area (Å²) in [4.78, 5) is 0. The quantitative estimate of drug-likeness (QED) is 0.763. The van der Waals surface area contributed by atoms with Crippen molar-refractivity contribution in [1.29, 1.82) is 0 Å². The van der Waals surface area contributed by atoms with Crippen LogP contribution in [-0.2, 0) is 16.4 Å². The van der Waals surface area contributed by atoms with Gasteiger partial charge in [-0.2, -0.15) is 4.31 Å². The minimum absolute atomic E-state index is 0.129. The molecule has 3 atom stereocenters. The van der Waals surface area contributed by atoms with Gasteiger partial charge in [0.05, 0.1) is 6.26 Å². The first-order valence-electron chi connectivity index (χ1n) is 7.40. The smallest absolute Gasteiger partial charge is 0.211 e. The normalized spacial score (nSPS) is 28.5. The van der Waals surface area contributed by atoms with Crippen LogP contribution in [0.2, 0.25) is 0 Å². The number of aromatic hydroxyl groups is 1. The fraction of sp³-hybridized carbons (Fsp3) is 0.600. The summed E-state index contributed by atoms with van der Waals surface area (Å²) in [5.74, 6) is 1.42. The Balaban J connectivity index is 1.47. The molecule has 2 aliphatic rings. The summed E-state index contributed by atoms with van der Waals surface area (Å²) in [6.45, 7) is 2.25. The molecule has 2 unspecified atom stereocenters. The van der Waals surface area contributed by atoms with E-state index >= 15 is 0 Å². The Hall–Kier alpha value is -1.11. The van der Waals surface area contributed by atoms with E-state index in [-0.39, 0.29) is 11.8 Å². The van der Waals surface area contributed by atoms with Crippen LogP contribution >= 0.6 is 0 Å². The molecule has 1 aromatic carbocycles. The Labute approximate surface area is 126 Å². The molecule has 0 amide bonds. The van der Waals surface area contributed by atoms with Gasteiger partial charge in [-0.15, -0.1) is 0 Å². The van der Waals surface area contributed by atoms with Gasteiger partial charge in [0, 0.05) is 19.1 Å². The number of nitrogens with zero attached hydrogens (tertiary/aromatic N) is 1. The van der Waals surface area contributed by atoms with Crippen LogP contribution in [0.1, 0.15) is 12.0 Å². The molecule has 1 saturated carbocycles. The van der Waals surface area contributed by atoms with Crippen LogP contribution in [0.25, 0.3) is 0 Å². The van der Waals surface area contributed by atoms with Gasteiger partial charge in [-0.25, -0.2) is 8.42 Å². The van der Waals surface area contributed by atoms with Crippen molar-refractivity contribution < 1.29 is 13.5 Å². The molecule has 5 nitrogen and oxygen atoms in total. The van der Waals surface area contributed by atoms with Crippen LogP contribution in [-0.4, -0.2) is 49.8 Å². The Kier molecular flexibility index (Phi) is 3.94. The minimum Gasteiger partial charge on any atom is -0.508 e. The number of rotatable bonds is 6. The first kappa shape index (κ1) is 14.8. The molecule has 0 radical (unpaired) electrons. The van der Waals surface area contributed by atoms with Crippen LogP contribution in [0.15, 0.2) is 24.3 Å². The molecule has 1 saturated heterocycles. The molecule has 3 rings (SSSR count). The average Bonchev–Trinajstić information content (AvgIpc) is 3.10. The van der Waals surface area contributed by atoms with Crippen molar-refractivity contribution in [2.75, 3.05) is 25.9 Å². The van der Waals surface area contributed by atoms with Crippen LogP contribution < -0.4 is 5.32 Å². The van der Waals surface area contributed by atoms with E-state index in [1.54, 1.807) is 16.4 Å². The van der Waals surface area contributed by atoms with Crippen molar-refractivity contribution >= 4 is 10.0 Å². The first-order valence-corrected chi connectivity index (χ1v) is 9.25. The standard InChI is InChI=1S/C15H22N2O3S/c1-21(19,20)17-10-12-8-14(12)15(17)9-16-7-6-11-2-4-13(18)5-3-11/h2-5,12,14-16,18H,6-10H2,1H3/t12?,14?,15-/m0/s1. The van der Waals surface area contributed by atoms with Crippen LogP contribution in [0.5, 0.6) is 5.75 Å². The second-order valence-corrected chi connectivity index (χ2v) is 8.12. The third kappa shape index (κ3) is 3.39. The lowest BCUT2D eigenvalue weighted by Crippen LogP contribution is -2.44. The number of piperidine rings is 1. The third-order valence-electron chi connectivity index (χ3n) is 4.56. The molecule has 1 aliphatic carbocycles. The Morgan fingerprint density at radius 3 is 2.71 bits per heavy atom. The highest BCUT2D eigenvalue weighted by atomic mass is 32.2. The number of fused-ring (bicyclic) bond motifs is 1. The number of hydrogen-bond acceptors (Lipinski definition) is 4. The van der Waals surface area contributed by atoms with E-state index < -0.39 is 10.0 Å². The molecule has 0 aromatic heterocycles. The van der Waals surface area contributed by atoms with Gasteiger partial charge in [0.15, 0.2) is 0 Å². The van der Waals surface area contributed by atoms with Crippen LogP contribution in [0.4, 0.5) is 0 Å². The summed E-state index contributed by atoms with van der Waals surface area (Å²) < 4.78 is 25.2. The molecule has 2 fully saturated rings. The molecule has 1 heterocycles. The molecule has 0 spiro atoms. The van der Waals surface area contributed by atoms with Crippen molar-refractivity contribution in [3.8, 4) is 5.75 Å². The van der Waals surface area contributed by atoms with Gasteiger partial charge >= 0.3 is 0 Å². The summed E-state index contributed by atoms with van der Waals surface area (Å²) in [7, 11) is -3.08. The summed E-state index contributed by atoms with van der Waals surface area (Å²) >= 11 is 0. The van der Waals surface area contributed by atoms with Gasteiger partial charge in [0.1, 0.15) is 5.75 Å². The molecule has 21 heavy (non-hydrogen) atoms. The first-order chi connectivity index (χ1) is 9.95. The summed E-state index contributed by atoms with van der Waals surface area (Å²) in [6.07, 6.45) is 3.36. The zero-order valence-corrected chi connectivity index (χ0v) is 13.0. The molecular weight excluding hydrogens is 288 g/mol. The number of phenolic OH excluding ortho intramolecular Hbond substituents is 1. The maximum absolute atomic E-state index is 11.8. The lowest BCUT2D eigenvalue weighted by Gasteiger charge is -2.25. The second-order valence-electron chi connectivity index (χ2n) is 6.18. The van der Waals surface area contributed by atoms with Crippen LogP contribution in [0, 0.1) is 11.8 Å². The molecular formula is C15H22N2O3S. The predicted molar refractivity (Wildman–Crippen MR) is 81.6 cm³/mol. The lowest BCUT2D eigenvalue weighted by atomic mass is 10.1. The zero-order valence-electron chi connectivity index (χ0n) is 12.2. The monoisotopic (exact) mass is 310 g/mol. The predicted octanol–water partition coefficient (Wildman–Crippen LogP) is 0.804. The SMILES string of the molecule is CS(=O)(=O)N1CC2CC2[C@@H]1CNCCc1ccc(O)cc1. The Morgan fingerprint density at radius 1 is 1.33 bits per heavy atom. The van der Waals surface area contributed by atoms with Crippen molar-refractivity contribution in [1.82, 2.24) is 9.62 Å². The highest BCUT2D eigenvalue weighted by molar-refractivity contribution is 7.88. The second kappa shape index (κ2) is 5.59. The van der Waals surface area contributed by atoms with Gasteiger partial charge in [-0.1, -0.05) is 12.1 Å². The fourth-order valence-corrected chi connectivity index (χ4v) is 4.50. The Morgan fingerprint density at radius 2 is 2.05 bits per heavy atom. The van der Waals surface area contributed by atoms with Gasteiger partial charge in [-0.3, -0.25) is 0 Å². The molecule has 2 N–H and O–H groups in total. The topological polar surface area (TPSA) is 69.6 Å². The fourth-order valence-electron chi connectivity index (χ4n) is 3.31. The third-order valence-corrected chi connectivity index (χ3v) is 5.83. The van der Waals surface area contributed by atoms with Crippen molar-refractivity contribution in [2.24, 2.45) is 11.8 Å². The van der Waals surface area contributed by atoms with E-state index in [1.165, 1.54) is 12.7 Å². The van der Waals surface area contributed by atoms with E-state index in [9.17, 15) is 13.5 Å². The maximum atomic E-state index is 11.8. The van der Waals surface area contributed by atoms with E-state index in [2.05, 4.69) is 5.32 Å². The van der Waals surface area contributed by atoms with E-state index in [0.717, 1.165) is 25.1 Å². The summed E-state index contributed by atoms with van der Waals surface area (Å²) in [5.41, 5.74) is 1.16. The average molecular weight is 310 g/mol. The highest BCUT2D eigenvalue weighted by Crippen LogP contribution is 2.50. The van der Waals surface area contributed by atoms with Gasteiger partial charge in [0.25, 0.3) is 0 Å². The number of sulfonamides is 1. The highest BCUT2D eigenvalue weighted by Gasteiger charge is 2.54. The molecule has 1 aliphatic heterocycles. The number of nitrogens with one attached hydrogen (secondary N) is 1. The zero-order chi connectivity index (χ0) is 15.0. The summed E-state index contributed by atoms with van der Waals surface area (Å²) in [5, 5.41) is 12.6. The minimum atomic E-state index is -3.08. The number of benzene rings is 1. The molecule has 6 heteroatoms. The molecule has 0 bridgehead atoms. The summed E-state index contributed by atoms with van der Waals surface area (Å²) in [6, 6.07) is 7.32. The molecule has 1 aromatic rings. The van der Waals surface area contributed by atoms with Crippen LogP contribution in [0.3, 0.4) is 0 Å². The number of phenols is 1. The lowest BCUT2D eigenvalue weighted by molar-refractivity contribution is 0.334. The Bertz CT molecular complexity index is 600. The van der Waals surface area contributed by atoms with E-state index in [0.29, 0.717) is 18.4 Å². The van der Waals surface area contributed by atoms with Gasteiger partial charge in [-0.05, 0) is 48.9 Å².